The third-order valence-corrected chi connectivity index (χ3v) is 5.80. The SMILES string of the molecule is O=C(O)C(F)(F)F.O=C(c1ccco1)N1CCO[C@@H]2CN(Cc3nccs3)CC[C@@H]2C1. The average Bonchev–Trinajstić information content (AvgIpc) is 3.38. The van der Waals surface area contributed by atoms with E-state index in [1.54, 1.807) is 29.7 Å². The van der Waals surface area contributed by atoms with Crippen LogP contribution in [0.3, 0.4) is 0 Å². The van der Waals surface area contributed by atoms with Crippen LogP contribution in [-0.4, -0.2) is 76.8 Å². The number of ether oxygens (including phenoxy) is 1. The Bertz CT molecular complexity index is 845. The lowest BCUT2D eigenvalue weighted by Crippen LogP contribution is -2.47. The highest BCUT2D eigenvalue weighted by Gasteiger charge is 2.38. The number of likely N-dealkylation sites (tertiary alicyclic amines) is 1. The zero-order valence-corrected chi connectivity index (χ0v) is 17.3. The first-order valence-electron chi connectivity index (χ1n) is 9.59. The van der Waals surface area contributed by atoms with Crippen LogP contribution in [-0.2, 0) is 16.1 Å². The van der Waals surface area contributed by atoms with Gasteiger partial charge >= 0.3 is 12.1 Å². The third-order valence-electron chi connectivity index (χ3n) is 5.03. The van der Waals surface area contributed by atoms with Gasteiger partial charge < -0.3 is 19.2 Å². The molecule has 8 nitrogen and oxygen atoms in total. The van der Waals surface area contributed by atoms with Gasteiger partial charge in [-0.1, -0.05) is 0 Å². The van der Waals surface area contributed by atoms with Crippen LogP contribution >= 0.6 is 11.3 Å². The number of aromatic nitrogens is 1. The van der Waals surface area contributed by atoms with Crippen LogP contribution in [0.1, 0.15) is 22.0 Å². The van der Waals surface area contributed by atoms with E-state index in [1.165, 1.54) is 0 Å². The second-order valence-electron chi connectivity index (χ2n) is 7.15. The molecule has 2 atom stereocenters. The molecule has 0 aromatic carbocycles. The van der Waals surface area contributed by atoms with E-state index >= 15 is 0 Å². The minimum absolute atomic E-state index is 0.0329. The van der Waals surface area contributed by atoms with Crippen LogP contribution in [0.15, 0.2) is 34.4 Å². The van der Waals surface area contributed by atoms with Gasteiger partial charge in [0.2, 0.25) is 0 Å². The Balaban J connectivity index is 0.000000339. The number of hydrogen-bond acceptors (Lipinski definition) is 7. The zero-order chi connectivity index (χ0) is 22.4. The maximum absolute atomic E-state index is 12.5. The van der Waals surface area contributed by atoms with Crippen LogP contribution in [0, 0.1) is 5.92 Å². The Morgan fingerprint density at radius 1 is 1.29 bits per heavy atom. The number of rotatable bonds is 3. The normalized spacial score (nSPS) is 22.1. The van der Waals surface area contributed by atoms with Crippen LogP contribution in [0.25, 0.3) is 0 Å². The molecule has 4 heterocycles. The average molecular weight is 461 g/mol. The number of halogens is 3. The van der Waals surface area contributed by atoms with Crippen LogP contribution in [0.5, 0.6) is 0 Å². The van der Waals surface area contributed by atoms with Crippen molar-refractivity contribution >= 4 is 23.2 Å². The Hall–Kier alpha value is -2.44. The Kier molecular flexibility index (Phi) is 7.68. The molecule has 0 spiro atoms. The molecule has 0 radical (unpaired) electrons. The fourth-order valence-corrected chi connectivity index (χ4v) is 4.18. The molecule has 0 unspecified atom stereocenters. The Labute approximate surface area is 180 Å². The number of carbonyl (C=O) groups is 2. The zero-order valence-electron chi connectivity index (χ0n) is 16.5. The lowest BCUT2D eigenvalue weighted by molar-refractivity contribution is -0.192. The summed E-state index contributed by atoms with van der Waals surface area (Å²) in [6.07, 6.45) is -0.458. The molecule has 2 aliphatic rings. The summed E-state index contributed by atoms with van der Waals surface area (Å²) in [4.78, 5) is 30.1. The highest BCUT2D eigenvalue weighted by molar-refractivity contribution is 7.09. The monoisotopic (exact) mass is 461 g/mol. The van der Waals surface area contributed by atoms with Gasteiger partial charge in [0.05, 0.1) is 25.5 Å². The molecule has 4 rings (SSSR count). The number of thiazole rings is 1. The number of fused-ring (bicyclic) bond motifs is 1. The fraction of sp³-hybridized carbons (Fsp3) is 0.526. The van der Waals surface area contributed by atoms with Gasteiger partial charge in [0.25, 0.3) is 5.91 Å². The molecule has 0 aliphatic carbocycles. The van der Waals surface area contributed by atoms with Gasteiger partial charge in [-0.15, -0.1) is 11.3 Å². The predicted octanol–water partition coefficient (Wildman–Crippen LogP) is 2.73. The molecule has 2 saturated heterocycles. The van der Waals surface area contributed by atoms with Crippen molar-refractivity contribution in [1.82, 2.24) is 14.8 Å². The number of nitrogens with zero attached hydrogens (tertiary/aromatic N) is 3. The summed E-state index contributed by atoms with van der Waals surface area (Å²) in [5.41, 5.74) is 0. The summed E-state index contributed by atoms with van der Waals surface area (Å²) in [5, 5.41) is 10.3. The molecule has 1 amide bonds. The lowest BCUT2D eigenvalue weighted by Gasteiger charge is -2.37. The summed E-state index contributed by atoms with van der Waals surface area (Å²) in [7, 11) is 0. The van der Waals surface area contributed by atoms with E-state index in [0.29, 0.717) is 24.8 Å². The highest BCUT2D eigenvalue weighted by Crippen LogP contribution is 2.26. The molecule has 2 aromatic heterocycles. The highest BCUT2D eigenvalue weighted by atomic mass is 32.1. The number of carboxylic acid groups (broad SMARTS) is 1. The molecule has 12 heteroatoms. The first-order chi connectivity index (χ1) is 14.7. The number of carboxylic acids is 1. The maximum atomic E-state index is 12.5. The van der Waals surface area contributed by atoms with E-state index in [-0.39, 0.29) is 12.0 Å². The summed E-state index contributed by atoms with van der Waals surface area (Å²) >= 11 is 1.70. The van der Waals surface area contributed by atoms with E-state index in [9.17, 15) is 18.0 Å². The first-order valence-corrected chi connectivity index (χ1v) is 10.5. The minimum Gasteiger partial charge on any atom is -0.475 e. The Morgan fingerprint density at radius 3 is 2.68 bits per heavy atom. The smallest absolute Gasteiger partial charge is 0.475 e. The quantitative estimate of drug-likeness (QED) is 0.751. The number of aliphatic carboxylic acids is 1. The number of piperidine rings is 1. The number of carbonyl (C=O) groups excluding carboxylic acids is 1. The van der Waals surface area contributed by atoms with Crippen molar-refractivity contribution in [3.8, 4) is 0 Å². The second-order valence-corrected chi connectivity index (χ2v) is 8.13. The van der Waals surface area contributed by atoms with Gasteiger partial charge in [0.1, 0.15) is 5.01 Å². The molecule has 0 saturated carbocycles. The van der Waals surface area contributed by atoms with Crippen LogP contribution in [0.2, 0.25) is 0 Å². The van der Waals surface area contributed by atoms with Gasteiger partial charge in [0, 0.05) is 37.1 Å². The molecule has 2 aromatic rings. The summed E-state index contributed by atoms with van der Waals surface area (Å²) in [6.45, 7) is 4.77. The lowest BCUT2D eigenvalue weighted by atomic mass is 9.93. The number of alkyl halides is 3. The summed E-state index contributed by atoms with van der Waals surface area (Å²) in [6, 6.07) is 3.48. The first kappa shape index (κ1) is 23.2. The predicted molar refractivity (Wildman–Crippen MR) is 104 cm³/mol. The van der Waals surface area contributed by atoms with E-state index in [4.69, 9.17) is 19.1 Å². The molecule has 2 fully saturated rings. The van der Waals surface area contributed by atoms with Crippen LogP contribution < -0.4 is 0 Å². The molecular formula is C19H22F3N3O5S. The molecule has 31 heavy (non-hydrogen) atoms. The number of amides is 1. The van der Waals surface area contributed by atoms with E-state index < -0.39 is 12.1 Å². The van der Waals surface area contributed by atoms with Gasteiger partial charge in [-0.2, -0.15) is 13.2 Å². The largest absolute Gasteiger partial charge is 0.490 e. The van der Waals surface area contributed by atoms with Crippen LogP contribution in [0.4, 0.5) is 13.2 Å². The van der Waals surface area contributed by atoms with Crippen molar-refractivity contribution in [2.45, 2.75) is 25.2 Å². The standard InChI is InChI=1S/C17H21N3O3S.C2HF3O2/c21-17(14-2-1-7-22-14)20-6-8-23-15-11-19(5-3-13(15)10-20)12-16-18-4-9-24-16;3-2(4,5)1(6)7/h1-2,4,7,9,13,15H,3,5-6,8,10-12H2;(H,6,7)/t13-,15-;/m1./s1. The van der Waals surface area contributed by atoms with Crippen molar-refractivity contribution in [2.24, 2.45) is 5.92 Å². The molecule has 0 bridgehead atoms. The maximum Gasteiger partial charge on any atom is 0.490 e. The van der Waals surface area contributed by atoms with E-state index in [0.717, 1.165) is 37.6 Å². The van der Waals surface area contributed by atoms with Gasteiger partial charge in [-0.25, -0.2) is 9.78 Å². The molecular weight excluding hydrogens is 439 g/mol. The van der Waals surface area contributed by atoms with Crippen molar-refractivity contribution in [2.75, 3.05) is 32.8 Å². The minimum atomic E-state index is -5.08. The van der Waals surface area contributed by atoms with E-state index in [2.05, 4.69) is 9.88 Å². The summed E-state index contributed by atoms with van der Waals surface area (Å²) in [5.74, 6) is -1.99. The van der Waals surface area contributed by atoms with Gasteiger partial charge in [-0.05, 0) is 25.1 Å². The second kappa shape index (κ2) is 10.2. The van der Waals surface area contributed by atoms with Crippen molar-refractivity contribution < 1.29 is 37.0 Å². The van der Waals surface area contributed by atoms with Crippen molar-refractivity contribution in [1.29, 1.82) is 0 Å². The van der Waals surface area contributed by atoms with E-state index in [1.807, 2.05) is 16.5 Å². The van der Waals surface area contributed by atoms with Crippen molar-refractivity contribution in [3.63, 3.8) is 0 Å². The third kappa shape index (κ3) is 6.52. The molecule has 2 aliphatic heterocycles. The molecule has 170 valence electrons. The van der Waals surface area contributed by atoms with Gasteiger partial charge in [0.15, 0.2) is 5.76 Å². The number of furan rings is 1. The van der Waals surface area contributed by atoms with Gasteiger partial charge in [-0.3, -0.25) is 9.69 Å². The Morgan fingerprint density at radius 2 is 2.06 bits per heavy atom. The fourth-order valence-electron chi connectivity index (χ4n) is 3.52. The topological polar surface area (TPSA) is 96.1 Å². The molecule has 1 N–H and O–H groups in total. The number of hydrogen-bond donors (Lipinski definition) is 1. The summed E-state index contributed by atoms with van der Waals surface area (Å²) < 4.78 is 43.1. The van der Waals surface area contributed by atoms with Crippen molar-refractivity contribution in [3.05, 3.63) is 40.7 Å².